The molecule has 0 aromatic heterocycles. The van der Waals surface area contributed by atoms with Gasteiger partial charge in [-0.1, -0.05) is 0 Å². The summed E-state index contributed by atoms with van der Waals surface area (Å²) in [6, 6.07) is -2.70. The zero-order valence-electron chi connectivity index (χ0n) is 21.7. The van der Waals surface area contributed by atoms with E-state index in [0.717, 1.165) is 13.8 Å². The molecule has 0 spiro atoms. The molecule has 3 saturated heterocycles. The number of amides is 2. The van der Waals surface area contributed by atoms with Gasteiger partial charge >= 0.3 is 0 Å². The first-order valence-corrected chi connectivity index (χ1v) is 12.6. The fourth-order valence-electron chi connectivity index (χ4n) is 4.76. The Labute approximate surface area is 228 Å². The number of aliphatic hydroxyl groups is 9. The van der Waals surface area contributed by atoms with E-state index >= 15 is 0 Å². The molecule has 2 amide bonds. The van der Waals surface area contributed by atoms with Gasteiger partial charge in [0, 0.05) is 13.8 Å². The van der Waals surface area contributed by atoms with Crippen LogP contribution >= 0.6 is 0 Å². The first kappa shape index (κ1) is 32.9. The van der Waals surface area contributed by atoms with Crippen LogP contribution in [0.1, 0.15) is 13.8 Å². The number of carbonyl (C=O) groups excluding carboxylic acids is 2. The highest BCUT2D eigenvalue weighted by molar-refractivity contribution is 5.73. The molecule has 3 fully saturated rings. The third kappa shape index (κ3) is 7.23. The molecule has 0 aromatic rings. The van der Waals surface area contributed by atoms with Crippen molar-refractivity contribution in [3.63, 3.8) is 0 Å². The SMILES string of the molecule is CC(=O)NC1C(O)OC(CO)C(OC2OC(COC3OC(CO)C(O)C(O)C3NC(C)=O)C(O)C(O)C2O)C1O. The van der Waals surface area contributed by atoms with Crippen molar-refractivity contribution in [2.24, 2.45) is 0 Å². The van der Waals surface area contributed by atoms with Gasteiger partial charge in [-0.3, -0.25) is 9.59 Å². The van der Waals surface area contributed by atoms with E-state index in [4.69, 9.17) is 23.7 Å². The van der Waals surface area contributed by atoms with Crippen LogP contribution in [-0.2, 0) is 33.3 Å². The largest absolute Gasteiger partial charge is 0.394 e. The monoisotopic (exact) mass is 586 g/mol. The lowest BCUT2D eigenvalue weighted by Crippen LogP contribution is -2.67. The molecular formula is C22H38N2O16. The Morgan fingerprint density at radius 2 is 1.20 bits per heavy atom. The fourth-order valence-corrected chi connectivity index (χ4v) is 4.76. The number of nitrogens with one attached hydrogen (secondary N) is 2. The molecule has 0 aliphatic carbocycles. The van der Waals surface area contributed by atoms with Crippen molar-refractivity contribution in [2.75, 3.05) is 19.8 Å². The summed E-state index contributed by atoms with van der Waals surface area (Å²) in [5, 5.41) is 96.6. The van der Waals surface area contributed by atoms with Gasteiger partial charge in [-0.25, -0.2) is 0 Å². The number of hydrogen-bond donors (Lipinski definition) is 11. The van der Waals surface area contributed by atoms with Gasteiger partial charge in [0.2, 0.25) is 11.8 Å². The van der Waals surface area contributed by atoms with E-state index in [1.807, 2.05) is 0 Å². The van der Waals surface area contributed by atoms with E-state index in [-0.39, 0.29) is 0 Å². The van der Waals surface area contributed by atoms with E-state index in [1.165, 1.54) is 0 Å². The van der Waals surface area contributed by atoms with E-state index in [0.29, 0.717) is 0 Å². The summed E-state index contributed by atoms with van der Waals surface area (Å²) in [5.41, 5.74) is 0. The predicted molar refractivity (Wildman–Crippen MR) is 124 cm³/mol. The molecule has 232 valence electrons. The average Bonchev–Trinajstić information content (AvgIpc) is 2.90. The predicted octanol–water partition coefficient (Wildman–Crippen LogP) is -7.29. The quantitative estimate of drug-likeness (QED) is 0.120. The Balaban J connectivity index is 1.74. The van der Waals surface area contributed by atoms with Gasteiger partial charge in [-0.15, -0.1) is 0 Å². The molecule has 3 aliphatic heterocycles. The van der Waals surface area contributed by atoms with Crippen molar-refractivity contribution in [3.05, 3.63) is 0 Å². The summed E-state index contributed by atoms with van der Waals surface area (Å²) in [4.78, 5) is 23.1. The molecule has 0 aromatic carbocycles. The summed E-state index contributed by atoms with van der Waals surface area (Å²) in [6.45, 7) is 0.183. The van der Waals surface area contributed by atoms with E-state index in [2.05, 4.69) is 10.6 Å². The summed E-state index contributed by atoms with van der Waals surface area (Å²) < 4.78 is 27.4. The van der Waals surface area contributed by atoms with Crippen molar-refractivity contribution in [1.29, 1.82) is 0 Å². The highest BCUT2D eigenvalue weighted by atomic mass is 16.7. The second-order valence-corrected chi connectivity index (χ2v) is 9.85. The van der Waals surface area contributed by atoms with Gasteiger partial charge in [-0.05, 0) is 0 Å². The van der Waals surface area contributed by atoms with Crippen LogP contribution in [0.2, 0.25) is 0 Å². The van der Waals surface area contributed by atoms with Crippen LogP contribution in [0.5, 0.6) is 0 Å². The summed E-state index contributed by atoms with van der Waals surface area (Å²) >= 11 is 0. The summed E-state index contributed by atoms with van der Waals surface area (Å²) in [5.74, 6) is -1.23. The smallest absolute Gasteiger partial charge is 0.217 e. The molecule has 3 aliphatic rings. The first-order chi connectivity index (χ1) is 18.8. The van der Waals surface area contributed by atoms with E-state index in [9.17, 15) is 55.5 Å². The third-order valence-electron chi connectivity index (χ3n) is 6.88. The molecule has 11 N–H and O–H groups in total. The molecule has 0 radical (unpaired) electrons. The van der Waals surface area contributed by atoms with Crippen molar-refractivity contribution in [1.82, 2.24) is 10.6 Å². The van der Waals surface area contributed by atoms with E-state index in [1.54, 1.807) is 0 Å². The molecule has 3 rings (SSSR count). The number of rotatable bonds is 9. The van der Waals surface area contributed by atoms with E-state index < -0.39 is 124 Å². The van der Waals surface area contributed by atoms with Crippen LogP contribution in [0.4, 0.5) is 0 Å². The molecular weight excluding hydrogens is 548 g/mol. The fraction of sp³-hybridized carbons (Fsp3) is 0.909. The minimum Gasteiger partial charge on any atom is -0.394 e. The van der Waals surface area contributed by atoms with Crippen LogP contribution < -0.4 is 10.6 Å². The van der Waals surface area contributed by atoms with Gasteiger partial charge in [0.05, 0.1) is 19.8 Å². The van der Waals surface area contributed by atoms with Gasteiger partial charge in [-0.2, -0.15) is 0 Å². The van der Waals surface area contributed by atoms with Gasteiger partial charge in [0.25, 0.3) is 0 Å². The maximum absolute atomic E-state index is 11.6. The van der Waals surface area contributed by atoms with Crippen molar-refractivity contribution in [2.45, 2.75) is 106 Å². The molecule has 0 saturated carbocycles. The molecule has 3 heterocycles. The number of ether oxygens (including phenoxy) is 5. The second kappa shape index (κ2) is 14.0. The topological polar surface area (TPSA) is 286 Å². The molecule has 18 nitrogen and oxygen atoms in total. The molecule has 0 bridgehead atoms. The Morgan fingerprint density at radius 1 is 0.650 bits per heavy atom. The Hall–Kier alpha value is -1.62. The normalized spacial score (nSPS) is 46.0. The Kier molecular flexibility index (Phi) is 11.5. The van der Waals surface area contributed by atoms with Crippen LogP contribution in [0, 0.1) is 0 Å². The van der Waals surface area contributed by atoms with Crippen molar-refractivity contribution in [3.8, 4) is 0 Å². The van der Waals surface area contributed by atoms with Crippen molar-refractivity contribution < 1.29 is 79.2 Å². The molecule has 40 heavy (non-hydrogen) atoms. The highest BCUT2D eigenvalue weighted by Gasteiger charge is 2.51. The maximum atomic E-state index is 11.6. The lowest BCUT2D eigenvalue weighted by Gasteiger charge is -2.47. The lowest BCUT2D eigenvalue weighted by molar-refractivity contribution is -0.351. The van der Waals surface area contributed by atoms with Crippen LogP contribution in [-0.4, -0.2) is 170 Å². The number of aliphatic hydroxyl groups excluding tert-OH is 9. The van der Waals surface area contributed by atoms with Crippen LogP contribution in [0.3, 0.4) is 0 Å². The van der Waals surface area contributed by atoms with Gasteiger partial charge in [0.15, 0.2) is 18.9 Å². The van der Waals surface area contributed by atoms with Gasteiger partial charge < -0.3 is 80.3 Å². The van der Waals surface area contributed by atoms with Crippen LogP contribution in [0.25, 0.3) is 0 Å². The lowest BCUT2D eigenvalue weighted by atomic mass is 9.95. The average molecular weight is 587 g/mol. The maximum Gasteiger partial charge on any atom is 0.217 e. The standard InChI is InChI=1S/C22H38N2O16/c1-6(27)23-11-16(32)19(9(4-26)37-20(11)35)40-22-18(34)17(33)14(30)10(39-22)5-36-21-12(24-7(2)28)15(31)13(29)8(3-25)38-21/h8-22,25-26,29-35H,3-5H2,1-2H3,(H,23,27)(H,24,28). The third-order valence-corrected chi connectivity index (χ3v) is 6.88. The van der Waals surface area contributed by atoms with Gasteiger partial charge in [0.1, 0.15) is 73.1 Å². The highest BCUT2D eigenvalue weighted by Crippen LogP contribution is 2.30. The zero-order valence-corrected chi connectivity index (χ0v) is 21.7. The molecule has 18 heteroatoms. The Morgan fingerprint density at radius 3 is 1.77 bits per heavy atom. The summed E-state index contributed by atoms with van der Waals surface area (Å²) in [7, 11) is 0. The Bertz CT molecular complexity index is 854. The minimum atomic E-state index is -1.89. The van der Waals surface area contributed by atoms with Crippen molar-refractivity contribution >= 4 is 11.8 Å². The molecule has 15 atom stereocenters. The first-order valence-electron chi connectivity index (χ1n) is 12.6. The van der Waals surface area contributed by atoms with Crippen LogP contribution in [0.15, 0.2) is 0 Å². The zero-order chi connectivity index (χ0) is 29.9. The minimum absolute atomic E-state index is 0.604. The summed E-state index contributed by atoms with van der Waals surface area (Å²) in [6.07, 6.45) is -21.0. The second-order valence-electron chi connectivity index (χ2n) is 9.85. The number of hydrogen-bond acceptors (Lipinski definition) is 16. The number of carbonyl (C=O) groups is 2. The molecule has 15 unspecified atom stereocenters.